The van der Waals surface area contributed by atoms with Gasteiger partial charge in [0, 0.05) is 18.2 Å². The summed E-state index contributed by atoms with van der Waals surface area (Å²) in [5, 5.41) is 39.8. The van der Waals surface area contributed by atoms with Crippen LogP contribution in [0.15, 0.2) is 48.7 Å². The number of hydrogen-bond acceptors (Lipinski definition) is 10. The highest BCUT2D eigenvalue weighted by molar-refractivity contribution is 5.59. The van der Waals surface area contributed by atoms with Gasteiger partial charge in [0.15, 0.2) is 11.8 Å². The Bertz CT molecular complexity index is 1420. The first-order valence-corrected chi connectivity index (χ1v) is 15.6. The molecule has 6 atom stereocenters. The molecule has 0 aromatic heterocycles. The minimum absolute atomic E-state index is 0.208. The first-order valence-electron chi connectivity index (χ1n) is 15.6. The second-order valence-corrected chi connectivity index (χ2v) is 13.0. The highest BCUT2D eigenvalue weighted by Gasteiger charge is 2.76. The maximum absolute atomic E-state index is 10.3. The molecule has 4 aliphatic carbocycles. The summed E-state index contributed by atoms with van der Waals surface area (Å²) in [6.45, 7) is 6.89. The van der Waals surface area contributed by atoms with E-state index in [0.29, 0.717) is 23.3 Å². The molecule has 8 rings (SSSR count). The van der Waals surface area contributed by atoms with Crippen molar-refractivity contribution in [2.75, 3.05) is 13.7 Å². The second-order valence-electron chi connectivity index (χ2n) is 13.0. The van der Waals surface area contributed by atoms with Crippen molar-refractivity contribution in [2.45, 2.75) is 80.8 Å². The van der Waals surface area contributed by atoms with Crippen LogP contribution in [-0.2, 0) is 31.6 Å². The average Bonchev–Trinajstić information content (AvgIpc) is 3.04. The molecule has 0 radical (unpaired) electrons. The number of ether oxygens (including phenoxy) is 4. The zero-order chi connectivity index (χ0) is 31.3. The van der Waals surface area contributed by atoms with E-state index in [9.17, 15) is 20.4 Å². The van der Waals surface area contributed by atoms with Gasteiger partial charge in [-0.1, -0.05) is 30.3 Å². The quantitative estimate of drug-likeness (QED) is 0.244. The van der Waals surface area contributed by atoms with Crippen LogP contribution < -0.4 is 9.47 Å². The fourth-order valence-corrected chi connectivity index (χ4v) is 8.60. The van der Waals surface area contributed by atoms with Crippen LogP contribution in [0, 0.1) is 30.2 Å². The molecule has 4 saturated carbocycles. The van der Waals surface area contributed by atoms with E-state index >= 15 is 0 Å². The zero-order valence-electron chi connectivity index (χ0n) is 25.0. The van der Waals surface area contributed by atoms with E-state index in [0.717, 1.165) is 54.2 Å². The molecule has 11 nitrogen and oxygen atoms in total. The zero-order valence-corrected chi connectivity index (χ0v) is 25.0. The molecule has 2 heterocycles. The summed E-state index contributed by atoms with van der Waals surface area (Å²) < 4.78 is 23.7. The molecule has 3 unspecified atom stereocenters. The van der Waals surface area contributed by atoms with E-state index in [-0.39, 0.29) is 6.61 Å². The van der Waals surface area contributed by atoms with Crippen molar-refractivity contribution in [2.24, 2.45) is 23.7 Å². The van der Waals surface area contributed by atoms with Gasteiger partial charge in [-0.05, 0) is 79.5 Å². The third kappa shape index (κ3) is 4.96. The van der Waals surface area contributed by atoms with Gasteiger partial charge in [-0.15, -0.1) is 0 Å². The molecule has 2 aliphatic heterocycles. The van der Waals surface area contributed by atoms with Gasteiger partial charge in [0.25, 0.3) is 5.79 Å². The van der Waals surface area contributed by atoms with Gasteiger partial charge >= 0.3 is 0 Å². The molecule has 4 bridgehead atoms. The maximum Gasteiger partial charge on any atom is 0.260 e. The van der Waals surface area contributed by atoms with E-state index in [1.54, 1.807) is 37.5 Å². The van der Waals surface area contributed by atoms with Crippen LogP contribution in [0.25, 0.3) is 10.9 Å². The monoisotopic (exact) mass is 621 g/mol. The van der Waals surface area contributed by atoms with Crippen molar-refractivity contribution in [3.8, 4) is 11.5 Å². The van der Waals surface area contributed by atoms with Crippen LogP contribution in [0.4, 0.5) is 0 Å². The normalized spacial score (nSPS) is 40.0. The van der Waals surface area contributed by atoms with Crippen molar-refractivity contribution >= 4 is 6.08 Å². The Hall–Kier alpha value is -3.05. The standard InChI is InChI=1S/C34H39NO10/c1-35-10-9-22-5-6-23(34(40-2)33(44-45-34)24-12-20-11-21(14-24)15-25(33)13-20)16-27(22)41-18-19-3-7-26(8-4-19)42-32-31(39)30(38)29(37)28(17-36)43-32/h3-10,16,20-21,24-25,28-32,36-39H,11-15,17-18H2,2H3/b10-9+/t20?,21?,24?,25?,28?,29-,30-,31?,32+,33?,34?/m0/s1. The van der Waals surface area contributed by atoms with Gasteiger partial charge in [0.2, 0.25) is 6.29 Å². The number of aliphatic hydroxyl groups excluding tert-OH is 4. The second kappa shape index (κ2) is 12.0. The lowest BCUT2D eigenvalue weighted by Gasteiger charge is -2.68. The van der Waals surface area contributed by atoms with Crippen LogP contribution in [0.2, 0.25) is 0 Å². The molecular weight excluding hydrogens is 582 g/mol. The van der Waals surface area contributed by atoms with Crippen molar-refractivity contribution in [1.82, 2.24) is 0 Å². The molecule has 4 N–H and O–H groups in total. The number of benzene rings is 2. The van der Waals surface area contributed by atoms with Crippen LogP contribution in [0.3, 0.4) is 0 Å². The molecule has 1 spiro atoms. The highest BCUT2D eigenvalue weighted by Crippen LogP contribution is 2.69. The van der Waals surface area contributed by atoms with Crippen molar-refractivity contribution in [3.05, 3.63) is 76.8 Å². The molecule has 240 valence electrons. The Morgan fingerprint density at radius 3 is 2.24 bits per heavy atom. The number of methoxy groups -OCH3 is 1. The van der Waals surface area contributed by atoms with Gasteiger partial charge in [-0.2, -0.15) is 4.89 Å². The predicted octanol–water partition coefficient (Wildman–Crippen LogP) is 3.29. The average molecular weight is 622 g/mol. The lowest BCUT2D eigenvalue weighted by atomic mass is 9.47. The summed E-state index contributed by atoms with van der Waals surface area (Å²) in [6, 6.07) is 12.7. The minimum atomic E-state index is -1.53. The fraction of sp³-hybridized carbons (Fsp3) is 0.559. The lowest BCUT2D eigenvalue weighted by molar-refractivity contribution is -0.645. The third-order valence-corrected chi connectivity index (χ3v) is 10.6. The fourth-order valence-electron chi connectivity index (χ4n) is 8.60. The molecule has 6 aliphatic rings. The van der Waals surface area contributed by atoms with Crippen molar-refractivity contribution in [1.29, 1.82) is 0 Å². The van der Waals surface area contributed by atoms with Gasteiger partial charge in [-0.3, -0.25) is 0 Å². The first-order chi connectivity index (χ1) is 21.8. The lowest BCUT2D eigenvalue weighted by Crippen LogP contribution is -2.76. The highest BCUT2D eigenvalue weighted by atomic mass is 17.3. The van der Waals surface area contributed by atoms with Crippen LogP contribution in [0.5, 0.6) is 11.5 Å². The van der Waals surface area contributed by atoms with E-state index < -0.39 is 48.7 Å². The molecule has 6 fully saturated rings. The number of aliphatic hydroxyl groups is 4. The molecular formula is C34H39NO10. The predicted molar refractivity (Wildman–Crippen MR) is 158 cm³/mol. The Balaban J connectivity index is 1.09. The first kappa shape index (κ1) is 30.6. The summed E-state index contributed by atoms with van der Waals surface area (Å²) in [4.78, 5) is 15.4. The summed E-state index contributed by atoms with van der Waals surface area (Å²) in [5.41, 5.74) is 1.85. The van der Waals surface area contributed by atoms with Gasteiger partial charge in [0.05, 0.1) is 13.2 Å². The Labute approximate surface area is 261 Å². The number of nitrogens with zero attached hydrogens (tertiary/aromatic N) is 1. The van der Waals surface area contributed by atoms with E-state index in [1.807, 2.05) is 18.2 Å². The van der Waals surface area contributed by atoms with Gasteiger partial charge < -0.3 is 39.4 Å². The molecule has 2 aromatic rings. The molecule has 0 amide bonds. The molecule has 11 heteroatoms. The number of rotatable bonds is 9. The van der Waals surface area contributed by atoms with Gasteiger partial charge in [-0.25, -0.2) is 9.73 Å². The van der Waals surface area contributed by atoms with Gasteiger partial charge in [0.1, 0.15) is 42.5 Å². The summed E-state index contributed by atoms with van der Waals surface area (Å²) in [6.07, 6.45) is 2.13. The van der Waals surface area contributed by atoms with Crippen LogP contribution in [0.1, 0.15) is 48.8 Å². The largest absolute Gasteiger partial charge is 0.488 e. The van der Waals surface area contributed by atoms with E-state index in [2.05, 4.69) is 4.85 Å². The Kier molecular flexibility index (Phi) is 8.13. The van der Waals surface area contributed by atoms with E-state index in [4.69, 9.17) is 35.3 Å². The summed E-state index contributed by atoms with van der Waals surface area (Å²) >= 11 is 0. The minimum Gasteiger partial charge on any atom is -0.488 e. The number of hydrogen-bond donors (Lipinski definition) is 4. The van der Waals surface area contributed by atoms with E-state index in [1.165, 1.54) is 12.6 Å². The third-order valence-electron chi connectivity index (χ3n) is 10.6. The Morgan fingerprint density at radius 1 is 0.933 bits per heavy atom. The summed E-state index contributed by atoms with van der Waals surface area (Å²) in [7, 11) is 1.68. The van der Waals surface area contributed by atoms with Crippen molar-refractivity contribution < 1.29 is 49.1 Å². The molecule has 45 heavy (non-hydrogen) atoms. The van der Waals surface area contributed by atoms with Crippen LogP contribution >= 0.6 is 0 Å². The Morgan fingerprint density at radius 2 is 1.64 bits per heavy atom. The smallest absolute Gasteiger partial charge is 0.260 e. The molecule has 2 aromatic carbocycles. The maximum atomic E-state index is 10.3. The topological polar surface area (TPSA) is 141 Å². The molecule has 2 saturated heterocycles. The van der Waals surface area contributed by atoms with Crippen molar-refractivity contribution in [3.63, 3.8) is 0 Å². The SMILES string of the molecule is [C-]#[N+]/C=C/c1ccc(C2(OC)OOC23C2CC4CC(C2)CC3C4)cc1OCc1ccc(O[C@@H]2OC(CO)[C@H](O)[C@H](O)C2O)cc1. The summed E-state index contributed by atoms with van der Waals surface area (Å²) in [5.74, 6) is 2.14. The van der Waals surface area contributed by atoms with Crippen LogP contribution in [-0.4, -0.2) is 70.4 Å².